The largest absolute Gasteiger partial charge is 0.395 e. The Balaban J connectivity index is 2.77. The Kier molecular flexibility index (Phi) is 4.87. The molecule has 1 rings (SSSR count). The minimum absolute atomic E-state index is 0.0479. The van der Waals surface area contributed by atoms with Gasteiger partial charge < -0.3 is 10.4 Å². The van der Waals surface area contributed by atoms with Crippen molar-refractivity contribution in [2.45, 2.75) is 25.9 Å². The Bertz CT molecular complexity index is 330. The van der Waals surface area contributed by atoms with Gasteiger partial charge in [-0.3, -0.25) is 0 Å². The summed E-state index contributed by atoms with van der Waals surface area (Å²) in [5.41, 5.74) is 0.987. The Morgan fingerprint density at radius 1 is 1.33 bits per heavy atom. The Hall–Kier alpha value is -0.280. The van der Waals surface area contributed by atoms with Crippen molar-refractivity contribution >= 4 is 23.2 Å². The quantitative estimate of drug-likeness (QED) is 0.858. The standard InChI is InChI=1S/C11H15Cl2NO/c1-7(6-15)14-8(2)10-4-3-9(12)5-11(10)13/h3-5,7-8,14-15H,6H2,1-2H3/t7-,8-/m1/s1. The third kappa shape index (κ3) is 3.65. The van der Waals surface area contributed by atoms with Gasteiger partial charge in [0.15, 0.2) is 0 Å². The number of benzene rings is 1. The monoisotopic (exact) mass is 247 g/mol. The highest BCUT2D eigenvalue weighted by atomic mass is 35.5. The van der Waals surface area contributed by atoms with E-state index in [9.17, 15) is 0 Å². The van der Waals surface area contributed by atoms with Gasteiger partial charge in [0.1, 0.15) is 0 Å². The van der Waals surface area contributed by atoms with Crippen molar-refractivity contribution in [3.63, 3.8) is 0 Å². The molecular weight excluding hydrogens is 233 g/mol. The molecule has 2 N–H and O–H groups in total. The molecule has 1 aromatic rings. The molecule has 0 aromatic heterocycles. The van der Waals surface area contributed by atoms with Crippen molar-refractivity contribution < 1.29 is 5.11 Å². The lowest BCUT2D eigenvalue weighted by molar-refractivity contribution is 0.243. The highest BCUT2D eigenvalue weighted by Crippen LogP contribution is 2.26. The van der Waals surface area contributed by atoms with E-state index in [0.717, 1.165) is 5.56 Å². The van der Waals surface area contributed by atoms with Crippen molar-refractivity contribution in [3.05, 3.63) is 33.8 Å². The molecule has 15 heavy (non-hydrogen) atoms. The summed E-state index contributed by atoms with van der Waals surface area (Å²) in [6.07, 6.45) is 0. The first-order valence-electron chi connectivity index (χ1n) is 4.86. The molecule has 0 radical (unpaired) electrons. The number of hydrogen-bond acceptors (Lipinski definition) is 2. The van der Waals surface area contributed by atoms with Crippen molar-refractivity contribution in [3.8, 4) is 0 Å². The second kappa shape index (κ2) is 5.71. The van der Waals surface area contributed by atoms with Gasteiger partial charge in [0.25, 0.3) is 0 Å². The van der Waals surface area contributed by atoms with Gasteiger partial charge in [-0.1, -0.05) is 29.3 Å². The Morgan fingerprint density at radius 3 is 2.53 bits per heavy atom. The molecular formula is C11H15Cl2NO. The van der Waals surface area contributed by atoms with Crippen molar-refractivity contribution in [2.24, 2.45) is 0 Å². The van der Waals surface area contributed by atoms with Gasteiger partial charge in [-0.2, -0.15) is 0 Å². The van der Waals surface area contributed by atoms with Gasteiger partial charge in [-0.05, 0) is 31.5 Å². The molecule has 1 aromatic carbocycles. The summed E-state index contributed by atoms with van der Waals surface area (Å²) < 4.78 is 0. The molecule has 0 fully saturated rings. The van der Waals surface area contributed by atoms with E-state index in [-0.39, 0.29) is 18.7 Å². The lowest BCUT2D eigenvalue weighted by Crippen LogP contribution is -2.31. The van der Waals surface area contributed by atoms with Crippen LogP contribution in [-0.4, -0.2) is 17.8 Å². The first-order valence-corrected chi connectivity index (χ1v) is 5.62. The van der Waals surface area contributed by atoms with Crippen LogP contribution in [0.2, 0.25) is 10.0 Å². The van der Waals surface area contributed by atoms with E-state index in [1.54, 1.807) is 6.07 Å². The fourth-order valence-corrected chi connectivity index (χ4v) is 1.99. The van der Waals surface area contributed by atoms with Gasteiger partial charge in [0, 0.05) is 22.1 Å². The molecule has 4 heteroatoms. The molecule has 0 saturated carbocycles. The van der Waals surface area contributed by atoms with Crippen LogP contribution >= 0.6 is 23.2 Å². The maximum absolute atomic E-state index is 8.93. The summed E-state index contributed by atoms with van der Waals surface area (Å²) in [6, 6.07) is 5.57. The van der Waals surface area contributed by atoms with E-state index in [0.29, 0.717) is 10.0 Å². The maximum Gasteiger partial charge on any atom is 0.0582 e. The number of aliphatic hydroxyl groups excluding tert-OH is 1. The molecule has 0 aliphatic rings. The fraction of sp³-hybridized carbons (Fsp3) is 0.455. The SMILES string of the molecule is C[C@H](CO)N[C@H](C)c1ccc(Cl)cc1Cl. The van der Waals surface area contributed by atoms with E-state index >= 15 is 0 Å². The maximum atomic E-state index is 8.93. The van der Waals surface area contributed by atoms with Crippen molar-refractivity contribution in [1.29, 1.82) is 0 Å². The lowest BCUT2D eigenvalue weighted by Gasteiger charge is -2.19. The second-order valence-corrected chi connectivity index (χ2v) is 4.48. The number of aliphatic hydroxyl groups is 1. The molecule has 0 unspecified atom stereocenters. The number of halogens is 2. The van der Waals surface area contributed by atoms with Gasteiger partial charge >= 0.3 is 0 Å². The summed E-state index contributed by atoms with van der Waals surface area (Å²) >= 11 is 11.9. The Labute approximate surface area is 100 Å². The smallest absolute Gasteiger partial charge is 0.0582 e. The molecule has 0 amide bonds. The van der Waals surface area contributed by atoms with Crippen molar-refractivity contribution in [1.82, 2.24) is 5.32 Å². The zero-order valence-electron chi connectivity index (χ0n) is 8.80. The third-order valence-electron chi connectivity index (χ3n) is 2.24. The van der Waals surface area contributed by atoms with Gasteiger partial charge in [-0.25, -0.2) is 0 Å². The van der Waals surface area contributed by atoms with E-state index in [4.69, 9.17) is 28.3 Å². The molecule has 0 aliphatic heterocycles. The summed E-state index contributed by atoms with van der Waals surface area (Å²) in [5, 5.41) is 13.4. The molecule has 2 atom stereocenters. The molecule has 0 aliphatic carbocycles. The normalized spacial score (nSPS) is 15.0. The van der Waals surface area contributed by atoms with Crippen LogP contribution in [0.3, 0.4) is 0 Å². The molecule has 2 nitrogen and oxygen atoms in total. The first-order chi connectivity index (χ1) is 7.04. The Morgan fingerprint density at radius 2 is 2.00 bits per heavy atom. The highest BCUT2D eigenvalue weighted by molar-refractivity contribution is 6.35. The minimum atomic E-state index is 0.0479. The summed E-state index contributed by atoms with van der Waals surface area (Å²) in [5.74, 6) is 0. The molecule has 0 bridgehead atoms. The second-order valence-electron chi connectivity index (χ2n) is 3.64. The van der Waals surface area contributed by atoms with E-state index in [1.807, 2.05) is 26.0 Å². The van der Waals surface area contributed by atoms with Crippen LogP contribution in [0.15, 0.2) is 18.2 Å². The molecule has 0 heterocycles. The fourth-order valence-electron chi connectivity index (χ4n) is 1.42. The number of nitrogens with one attached hydrogen (secondary N) is 1. The van der Waals surface area contributed by atoms with Crippen LogP contribution in [-0.2, 0) is 0 Å². The van der Waals surface area contributed by atoms with Gasteiger partial charge in [-0.15, -0.1) is 0 Å². The highest BCUT2D eigenvalue weighted by Gasteiger charge is 2.11. The van der Waals surface area contributed by atoms with E-state index < -0.39 is 0 Å². The zero-order chi connectivity index (χ0) is 11.4. The van der Waals surface area contributed by atoms with Crippen LogP contribution in [0.5, 0.6) is 0 Å². The first kappa shape index (κ1) is 12.8. The summed E-state index contributed by atoms with van der Waals surface area (Å²) in [4.78, 5) is 0. The van der Waals surface area contributed by atoms with Gasteiger partial charge in [0.2, 0.25) is 0 Å². The van der Waals surface area contributed by atoms with Crippen LogP contribution in [0.4, 0.5) is 0 Å². The molecule has 0 spiro atoms. The van der Waals surface area contributed by atoms with E-state index in [2.05, 4.69) is 5.32 Å². The molecule has 0 saturated heterocycles. The van der Waals surface area contributed by atoms with Crippen LogP contribution in [0, 0.1) is 0 Å². The van der Waals surface area contributed by atoms with Gasteiger partial charge in [0.05, 0.1) is 6.61 Å². The summed E-state index contributed by atoms with van der Waals surface area (Å²) in [7, 11) is 0. The predicted molar refractivity (Wildman–Crippen MR) is 64.6 cm³/mol. The van der Waals surface area contributed by atoms with E-state index in [1.165, 1.54) is 0 Å². The number of hydrogen-bond donors (Lipinski definition) is 2. The van der Waals surface area contributed by atoms with Crippen LogP contribution in [0.1, 0.15) is 25.5 Å². The summed E-state index contributed by atoms with van der Waals surface area (Å²) in [6.45, 7) is 4.02. The average molecular weight is 248 g/mol. The topological polar surface area (TPSA) is 32.3 Å². The van der Waals surface area contributed by atoms with Crippen molar-refractivity contribution in [2.75, 3.05) is 6.61 Å². The van der Waals surface area contributed by atoms with Crippen LogP contribution in [0.25, 0.3) is 0 Å². The number of rotatable bonds is 4. The third-order valence-corrected chi connectivity index (χ3v) is 2.80. The minimum Gasteiger partial charge on any atom is -0.395 e. The van der Waals surface area contributed by atoms with Crippen LogP contribution < -0.4 is 5.32 Å². The molecule has 84 valence electrons. The predicted octanol–water partition coefficient (Wildman–Crippen LogP) is 3.02. The zero-order valence-corrected chi connectivity index (χ0v) is 10.3. The average Bonchev–Trinajstić information content (AvgIpc) is 2.17. The lowest BCUT2D eigenvalue weighted by atomic mass is 10.1.